The first-order chi connectivity index (χ1) is 6.70. The zero-order valence-electron chi connectivity index (χ0n) is 7.99. The maximum absolute atomic E-state index is 11.3. The van der Waals surface area contributed by atoms with Crippen molar-refractivity contribution in [3.63, 3.8) is 0 Å². The van der Waals surface area contributed by atoms with Crippen molar-refractivity contribution in [2.75, 3.05) is 0 Å². The summed E-state index contributed by atoms with van der Waals surface area (Å²) in [5.74, 6) is 0.148. The van der Waals surface area contributed by atoms with Gasteiger partial charge in [0.2, 0.25) is 0 Å². The van der Waals surface area contributed by atoms with Gasteiger partial charge in [-0.05, 0) is 0 Å². The van der Waals surface area contributed by atoms with E-state index in [9.17, 15) is 4.79 Å². The number of allylic oxidation sites excluding steroid dienone is 8. The number of ketones is 1. The Morgan fingerprint density at radius 2 is 2.00 bits per heavy atom. The van der Waals surface area contributed by atoms with Gasteiger partial charge in [-0.1, -0.05) is 0 Å². The summed E-state index contributed by atoms with van der Waals surface area (Å²) in [6.45, 7) is 1.62. The third-order valence-electron chi connectivity index (χ3n) is 2.50. The second-order valence-corrected chi connectivity index (χ2v) is 4.13. The van der Waals surface area contributed by atoms with E-state index in [2.05, 4.69) is 28.2 Å². The summed E-state index contributed by atoms with van der Waals surface area (Å²) in [6, 6.07) is 0. The normalized spacial score (nSPS) is 20.1. The molecule has 0 aromatic heterocycles. The predicted octanol–water partition coefficient (Wildman–Crippen LogP) is 2.59. The van der Waals surface area contributed by atoms with Crippen LogP contribution in [0.4, 0.5) is 0 Å². The van der Waals surface area contributed by atoms with Crippen LogP contribution in [0.5, 0.6) is 0 Å². The minimum atomic E-state index is 0.148. The number of hydrogen-bond donors (Lipinski definition) is 0. The van der Waals surface area contributed by atoms with E-state index in [1.807, 2.05) is 12.2 Å². The quantitative estimate of drug-likeness (QED) is 0.662. The molecule has 0 saturated heterocycles. The number of carbonyl (C=O) groups excluding carboxylic acids is 1. The monoisotopic (exact) mass is 227 g/mol. The first kappa shape index (κ1) is 9.69. The number of Topliss-reactive ketones (excluding diaryl/α,β-unsaturated/α-hetero) is 1. The molecule has 0 atom stereocenters. The van der Waals surface area contributed by atoms with Crippen molar-refractivity contribution in [3.8, 4) is 0 Å². The standard InChI is InChI=1S/C12H11O.Fe/c1-9(13)11-7-4-8-12(11)10-5-2-3-6-10;/h2,4-5,7H,3,8H2,1H3;. The molecule has 0 radical (unpaired) electrons. The van der Waals surface area contributed by atoms with Crippen LogP contribution in [-0.4, -0.2) is 5.78 Å². The Morgan fingerprint density at radius 1 is 1.29 bits per heavy atom. The Kier molecular flexibility index (Phi) is 2.58. The topological polar surface area (TPSA) is 17.1 Å². The molecule has 2 aliphatic rings. The van der Waals surface area contributed by atoms with Crippen LogP contribution in [0, 0.1) is 0 Å². The van der Waals surface area contributed by atoms with Crippen LogP contribution in [-0.2, 0) is 20.8 Å². The Balaban J connectivity index is 2.44. The van der Waals surface area contributed by atoms with E-state index in [1.54, 1.807) is 6.92 Å². The van der Waals surface area contributed by atoms with E-state index < -0.39 is 0 Å². The van der Waals surface area contributed by atoms with Gasteiger partial charge in [-0.15, -0.1) is 0 Å². The van der Waals surface area contributed by atoms with Crippen molar-refractivity contribution < 1.29 is 20.8 Å². The van der Waals surface area contributed by atoms with Gasteiger partial charge in [0.1, 0.15) is 0 Å². The molecule has 0 fully saturated rings. The van der Waals surface area contributed by atoms with Gasteiger partial charge in [0.15, 0.2) is 0 Å². The summed E-state index contributed by atoms with van der Waals surface area (Å²) in [4.78, 5) is 11.3. The fourth-order valence-electron chi connectivity index (χ4n) is 1.83. The molecule has 0 saturated carbocycles. The van der Waals surface area contributed by atoms with E-state index >= 15 is 0 Å². The first-order valence-corrected chi connectivity index (χ1v) is 5.20. The molecule has 2 aliphatic carbocycles. The van der Waals surface area contributed by atoms with Crippen LogP contribution >= 0.6 is 0 Å². The summed E-state index contributed by atoms with van der Waals surface area (Å²) >= 11 is 4.00. The fourth-order valence-corrected chi connectivity index (χ4v) is 2.22. The van der Waals surface area contributed by atoms with Crippen LogP contribution in [0.3, 0.4) is 0 Å². The Labute approximate surface area is 92.1 Å². The second-order valence-electron chi connectivity index (χ2n) is 3.47. The Bertz CT molecular complexity index is 408. The van der Waals surface area contributed by atoms with Crippen LogP contribution in [0.25, 0.3) is 0 Å². The van der Waals surface area contributed by atoms with Crippen molar-refractivity contribution in [3.05, 3.63) is 45.5 Å². The third kappa shape index (κ3) is 1.56. The van der Waals surface area contributed by atoms with Gasteiger partial charge in [-0.2, -0.15) is 0 Å². The second kappa shape index (κ2) is 3.72. The average Bonchev–Trinajstić information content (AvgIpc) is 2.70. The predicted molar refractivity (Wildman–Crippen MR) is 52.2 cm³/mol. The summed E-state index contributed by atoms with van der Waals surface area (Å²) in [6.07, 6.45) is 9.93. The van der Waals surface area contributed by atoms with E-state index in [0.717, 1.165) is 28.5 Å². The molecule has 0 amide bonds. The maximum atomic E-state index is 11.3. The SMILES string of the molecule is CC(=O)C1=C(C2=[C]([Fe])CC=C2)CC=C1. The van der Waals surface area contributed by atoms with Crippen LogP contribution in [0.2, 0.25) is 0 Å². The van der Waals surface area contributed by atoms with E-state index in [4.69, 9.17) is 0 Å². The van der Waals surface area contributed by atoms with Crippen molar-refractivity contribution in [1.82, 2.24) is 0 Å². The number of rotatable bonds is 2. The summed E-state index contributed by atoms with van der Waals surface area (Å²) in [5, 5.41) is 0. The molecule has 0 spiro atoms. The van der Waals surface area contributed by atoms with Crippen LogP contribution in [0.15, 0.2) is 45.5 Å². The molecule has 73 valence electrons. The fraction of sp³-hybridized carbons (Fsp3) is 0.250. The zero-order valence-corrected chi connectivity index (χ0v) is 9.09. The van der Waals surface area contributed by atoms with Crippen molar-refractivity contribution in [2.45, 2.75) is 19.8 Å². The molecular weight excluding hydrogens is 216 g/mol. The summed E-state index contributed by atoms with van der Waals surface area (Å²) < 4.78 is 1.13. The van der Waals surface area contributed by atoms with Crippen molar-refractivity contribution in [1.29, 1.82) is 0 Å². The Morgan fingerprint density at radius 3 is 2.57 bits per heavy atom. The minimum absolute atomic E-state index is 0.148. The van der Waals surface area contributed by atoms with Crippen molar-refractivity contribution >= 4 is 5.78 Å². The molecule has 0 aliphatic heterocycles. The Hall–Kier alpha value is -0.851. The van der Waals surface area contributed by atoms with E-state index in [0.29, 0.717) is 0 Å². The molecule has 0 bridgehead atoms. The van der Waals surface area contributed by atoms with Crippen LogP contribution < -0.4 is 0 Å². The molecule has 0 heterocycles. The van der Waals surface area contributed by atoms with Gasteiger partial charge in [0.05, 0.1) is 0 Å². The summed E-state index contributed by atoms with van der Waals surface area (Å²) in [5.41, 5.74) is 3.17. The van der Waals surface area contributed by atoms with Gasteiger partial charge in [-0.25, -0.2) is 0 Å². The van der Waals surface area contributed by atoms with Crippen LogP contribution in [0.1, 0.15) is 19.8 Å². The molecule has 1 nitrogen and oxygen atoms in total. The van der Waals surface area contributed by atoms with Gasteiger partial charge in [-0.3, -0.25) is 0 Å². The average molecular weight is 227 g/mol. The molecule has 2 rings (SSSR count). The summed E-state index contributed by atoms with van der Waals surface area (Å²) in [7, 11) is 0. The molecule has 0 unspecified atom stereocenters. The molecule has 14 heavy (non-hydrogen) atoms. The van der Waals surface area contributed by atoms with Gasteiger partial charge >= 0.3 is 91.9 Å². The molecule has 0 aromatic rings. The first-order valence-electron chi connectivity index (χ1n) is 4.65. The molecule has 0 aromatic carbocycles. The van der Waals surface area contributed by atoms with Gasteiger partial charge in [0.25, 0.3) is 0 Å². The van der Waals surface area contributed by atoms with Gasteiger partial charge < -0.3 is 0 Å². The molecular formula is C12H11FeO. The van der Waals surface area contributed by atoms with E-state index in [-0.39, 0.29) is 5.78 Å². The zero-order chi connectivity index (χ0) is 10.1. The number of hydrogen-bond acceptors (Lipinski definition) is 1. The van der Waals surface area contributed by atoms with E-state index in [1.165, 1.54) is 5.57 Å². The molecule has 2 heteroatoms. The van der Waals surface area contributed by atoms with Gasteiger partial charge in [0, 0.05) is 0 Å². The third-order valence-corrected chi connectivity index (χ3v) is 3.02. The number of carbonyl (C=O) groups is 1. The van der Waals surface area contributed by atoms with Crippen molar-refractivity contribution in [2.24, 2.45) is 0 Å². The molecule has 0 N–H and O–H groups in total.